The molecule has 0 amide bonds. The lowest BCUT2D eigenvalue weighted by molar-refractivity contribution is 0.583. The van der Waals surface area contributed by atoms with Crippen LogP contribution in [0.1, 0.15) is 37.5 Å². The lowest BCUT2D eigenvalue weighted by Gasteiger charge is -2.23. The third kappa shape index (κ3) is 2.54. The first-order chi connectivity index (χ1) is 7.40. The van der Waals surface area contributed by atoms with Crippen LogP contribution >= 0.6 is 11.6 Å². The summed E-state index contributed by atoms with van der Waals surface area (Å²) in [5.74, 6) is 0. The summed E-state index contributed by atoms with van der Waals surface area (Å²) in [6, 6.07) is 7.68. The average Bonchev–Trinajstić information content (AvgIpc) is 2.15. The van der Waals surface area contributed by atoms with E-state index in [-0.39, 0.29) is 11.8 Å². The average molecular weight is 233 g/mol. The van der Waals surface area contributed by atoms with E-state index in [4.69, 9.17) is 22.1 Å². The minimum atomic E-state index is -0.165. The molecule has 0 fully saturated rings. The van der Waals surface area contributed by atoms with E-state index in [9.17, 15) is 0 Å². The summed E-state index contributed by atoms with van der Waals surface area (Å²) in [6.07, 6.45) is 0.280. The summed E-state index contributed by atoms with van der Waals surface area (Å²) >= 11 is 5.93. The first-order valence-electron chi connectivity index (χ1n) is 5.00. The topological polar surface area (TPSA) is 47.6 Å². The molecule has 0 heterocycles. The molecule has 0 aliphatic carbocycles. The van der Waals surface area contributed by atoms with E-state index in [1.54, 1.807) is 12.1 Å². The third-order valence-corrected chi connectivity index (χ3v) is 2.54. The molecule has 0 atom stereocenters. The molecule has 0 saturated heterocycles. The van der Waals surface area contributed by atoms with Crippen molar-refractivity contribution in [3.63, 3.8) is 0 Å². The van der Waals surface area contributed by atoms with Crippen molar-refractivity contribution in [2.75, 3.05) is 0 Å². The van der Waals surface area contributed by atoms with Gasteiger partial charge in [-0.15, -0.1) is 0 Å². The van der Waals surface area contributed by atoms with Crippen LogP contribution in [0.3, 0.4) is 0 Å². The van der Waals surface area contributed by atoms with Crippen molar-refractivity contribution in [3.8, 4) is 12.1 Å². The Morgan fingerprint density at radius 1 is 1.25 bits per heavy atom. The first-order valence-corrected chi connectivity index (χ1v) is 5.38. The van der Waals surface area contributed by atoms with Crippen molar-refractivity contribution in [1.82, 2.24) is 0 Å². The van der Waals surface area contributed by atoms with Crippen LogP contribution in [0.25, 0.3) is 0 Å². The van der Waals surface area contributed by atoms with Gasteiger partial charge >= 0.3 is 0 Å². The van der Waals surface area contributed by atoms with Crippen molar-refractivity contribution < 1.29 is 0 Å². The van der Waals surface area contributed by atoms with Gasteiger partial charge in [-0.05, 0) is 28.7 Å². The largest absolute Gasteiger partial charge is 0.198 e. The molecule has 0 aliphatic heterocycles. The highest BCUT2D eigenvalue weighted by Gasteiger charge is 2.22. The minimum absolute atomic E-state index is 0.165. The maximum Gasteiger partial charge on any atom is 0.0995 e. The van der Waals surface area contributed by atoms with Gasteiger partial charge in [0.15, 0.2) is 0 Å². The molecule has 0 N–H and O–H groups in total. The Labute approximate surface area is 101 Å². The van der Waals surface area contributed by atoms with E-state index in [2.05, 4.69) is 12.1 Å². The molecule has 0 bridgehead atoms. The highest BCUT2D eigenvalue weighted by molar-refractivity contribution is 6.30. The Hall–Kier alpha value is -1.51. The SMILES string of the molecule is CC(C)(C)c1c(C#N)cc(Cl)cc1CC#N. The predicted octanol–water partition coefficient (Wildman–Crippen LogP) is 3.58. The maximum absolute atomic E-state index is 9.11. The van der Waals surface area contributed by atoms with Crippen molar-refractivity contribution in [2.24, 2.45) is 0 Å². The molecule has 3 heteroatoms. The molecule has 0 aromatic heterocycles. The standard InChI is InChI=1S/C13H13ClN2/c1-13(2,3)12-9(4-5-15)6-11(14)7-10(12)8-16/h6-7H,4H2,1-3H3. The summed E-state index contributed by atoms with van der Waals surface area (Å²) in [5.41, 5.74) is 2.16. The Morgan fingerprint density at radius 2 is 1.88 bits per heavy atom. The van der Waals surface area contributed by atoms with E-state index < -0.39 is 0 Å². The zero-order valence-electron chi connectivity index (χ0n) is 9.63. The smallest absolute Gasteiger partial charge is 0.0995 e. The normalized spacial score (nSPS) is 10.6. The van der Waals surface area contributed by atoms with Crippen LogP contribution in [0.15, 0.2) is 12.1 Å². The second-order valence-corrected chi connectivity index (χ2v) is 5.12. The zero-order valence-corrected chi connectivity index (χ0v) is 10.4. The molecule has 0 saturated carbocycles. The fourth-order valence-electron chi connectivity index (χ4n) is 1.86. The molecule has 0 radical (unpaired) electrons. The van der Waals surface area contributed by atoms with Crippen LogP contribution in [-0.4, -0.2) is 0 Å². The molecule has 1 aromatic carbocycles. The van der Waals surface area contributed by atoms with Gasteiger partial charge in [-0.2, -0.15) is 10.5 Å². The van der Waals surface area contributed by atoms with Gasteiger partial charge in [-0.3, -0.25) is 0 Å². The fraction of sp³-hybridized carbons (Fsp3) is 0.385. The number of benzene rings is 1. The highest BCUT2D eigenvalue weighted by atomic mass is 35.5. The van der Waals surface area contributed by atoms with E-state index >= 15 is 0 Å². The maximum atomic E-state index is 9.11. The monoisotopic (exact) mass is 232 g/mol. The summed E-state index contributed by atoms with van der Waals surface area (Å²) in [4.78, 5) is 0. The number of nitrogens with zero attached hydrogens (tertiary/aromatic N) is 2. The Balaban J connectivity index is 3.55. The number of hydrogen-bond donors (Lipinski definition) is 0. The van der Waals surface area contributed by atoms with E-state index in [0.717, 1.165) is 11.1 Å². The fourth-order valence-corrected chi connectivity index (χ4v) is 2.10. The quantitative estimate of drug-likeness (QED) is 0.743. The first kappa shape index (κ1) is 12.6. The van der Waals surface area contributed by atoms with Gasteiger partial charge < -0.3 is 0 Å². The third-order valence-electron chi connectivity index (χ3n) is 2.32. The minimum Gasteiger partial charge on any atom is -0.198 e. The van der Waals surface area contributed by atoms with Gasteiger partial charge in [-0.25, -0.2) is 0 Å². The Bertz CT molecular complexity index is 484. The molecule has 0 aliphatic rings. The Kier molecular flexibility index (Phi) is 3.58. The van der Waals surface area contributed by atoms with Crippen molar-refractivity contribution in [1.29, 1.82) is 10.5 Å². The van der Waals surface area contributed by atoms with E-state index in [1.165, 1.54) is 0 Å². The predicted molar refractivity (Wildman–Crippen MR) is 64.2 cm³/mol. The number of nitriles is 2. The summed E-state index contributed by atoms with van der Waals surface area (Å²) in [6.45, 7) is 6.08. The van der Waals surface area contributed by atoms with Crippen LogP contribution < -0.4 is 0 Å². The molecule has 1 rings (SSSR count). The molecular weight excluding hydrogens is 220 g/mol. The van der Waals surface area contributed by atoms with Crippen LogP contribution in [0.4, 0.5) is 0 Å². The molecular formula is C13H13ClN2. The van der Waals surface area contributed by atoms with Gasteiger partial charge in [-0.1, -0.05) is 32.4 Å². The van der Waals surface area contributed by atoms with Crippen LogP contribution in [0, 0.1) is 22.7 Å². The lowest BCUT2D eigenvalue weighted by atomic mass is 9.80. The molecule has 82 valence electrons. The van der Waals surface area contributed by atoms with E-state index in [1.807, 2.05) is 20.8 Å². The van der Waals surface area contributed by atoms with Crippen molar-refractivity contribution >= 4 is 11.6 Å². The van der Waals surface area contributed by atoms with Crippen LogP contribution in [0.2, 0.25) is 5.02 Å². The summed E-state index contributed by atoms with van der Waals surface area (Å²) in [5, 5.41) is 18.4. The molecule has 16 heavy (non-hydrogen) atoms. The molecule has 2 nitrogen and oxygen atoms in total. The molecule has 0 unspecified atom stereocenters. The van der Waals surface area contributed by atoms with Crippen molar-refractivity contribution in [3.05, 3.63) is 33.8 Å². The summed E-state index contributed by atoms with van der Waals surface area (Å²) in [7, 11) is 0. The number of hydrogen-bond acceptors (Lipinski definition) is 2. The molecule has 0 spiro atoms. The number of rotatable bonds is 1. The van der Waals surface area contributed by atoms with E-state index in [0.29, 0.717) is 10.6 Å². The van der Waals surface area contributed by atoms with Gasteiger partial charge in [0, 0.05) is 5.02 Å². The highest BCUT2D eigenvalue weighted by Crippen LogP contribution is 2.31. The van der Waals surface area contributed by atoms with Gasteiger partial charge in [0.05, 0.1) is 24.1 Å². The lowest BCUT2D eigenvalue weighted by Crippen LogP contribution is -2.16. The second kappa shape index (κ2) is 4.56. The van der Waals surface area contributed by atoms with Gasteiger partial charge in [0.25, 0.3) is 0 Å². The van der Waals surface area contributed by atoms with Gasteiger partial charge in [0.2, 0.25) is 0 Å². The Morgan fingerprint density at radius 3 is 2.31 bits per heavy atom. The number of halogens is 1. The van der Waals surface area contributed by atoms with Gasteiger partial charge in [0.1, 0.15) is 0 Å². The van der Waals surface area contributed by atoms with Crippen molar-refractivity contribution in [2.45, 2.75) is 32.6 Å². The van der Waals surface area contributed by atoms with Crippen LogP contribution in [0.5, 0.6) is 0 Å². The zero-order chi connectivity index (χ0) is 12.3. The summed E-state index contributed by atoms with van der Waals surface area (Å²) < 4.78 is 0. The molecule has 1 aromatic rings. The second-order valence-electron chi connectivity index (χ2n) is 4.68. The van der Waals surface area contributed by atoms with Crippen LogP contribution in [-0.2, 0) is 11.8 Å².